The van der Waals surface area contributed by atoms with Crippen LogP contribution < -0.4 is 5.32 Å². The molecule has 0 fully saturated rings. The summed E-state index contributed by atoms with van der Waals surface area (Å²) in [5.41, 5.74) is 2.62. The van der Waals surface area contributed by atoms with E-state index in [2.05, 4.69) is 37.4 Å². The molecule has 0 saturated heterocycles. The van der Waals surface area contributed by atoms with Gasteiger partial charge >= 0.3 is 0 Å². The fourth-order valence-electron chi connectivity index (χ4n) is 1.73. The van der Waals surface area contributed by atoms with Gasteiger partial charge < -0.3 is 5.32 Å². The molecule has 2 heteroatoms. The third kappa shape index (κ3) is 3.69. The Labute approximate surface area is 98.1 Å². The van der Waals surface area contributed by atoms with Crippen molar-refractivity contribution < 1.29 is 4.79 Å². The summed E-state index contributed by atoms with van der Waals surface area (Å²) in [5, 5.41) is 3.05. The zero-order chi connectivity index (χ0) is 12.0. The molecular formula is C14H21NO. The topological polar surface area (TPSA) is 29.1 Å². The van der Waals surface area contributed by atoms with Crippen LogP contribution in [0.25, 0.3) is 0 Å². The quantitative estimate of drug-likeness (QED) is 0.810. The molecule has 0 aliphatic rings. The molecule has 0 saturated carbocycles. The number of amides is 1. The number of carbonyl (C=O) groups excluding carboxylic acids is 1. The van der Waals surface area contributed by atoms with E-state index in [4.69, 9.17) is 0 Å². The third-order valence-electron chi connectivity index (χ3n) is 2.91. The van der Waals surface area contributed by atoms with Crippen LogP contribution in [0.1, 0.15) is 37.8 Å². The first kappa shape index (κ1) is 12.8. The van der Waals surface area contributed by atoms with E-state index in [1.54, 1.807) is 0 Å². The summed E-state index contributed by atoms with van der Waals surface area (Å²) in [5.74, 6) is 0.139. The van der Waals surface area contributed by atoms with Crippen LogP contribution in [-0.2, 0) is 11.2 Å². The molecule has 2 nitrogen and oxygen atoms in total. The lowest BCUT2D eigenvalue weighted by Gasteiger charge is -2.17. The molecule has 1 amide bonds. The van der Waals surface area contributed by atoms with Gasteiger partial charge in [0.25, 0.3) is 0 Å². The van der Waals surface area contributed by atoms with Gasteiger partial charge in [0.2, 0.25) is 5.91 Å². The molecule has 0 aliphatic carbocycles. The highest BCUT2D eigenvalue weighted by molar-refractivity contribution is 5.75. The highest BCUT2D eigenvalue weighted by Gasteiger charge is 2.10. The molecule has 1 atom stereocenters. The van der Waals surface area contributed by atoms with Gasteiger partial charge in [0.15, 0.2) is 0 Å². The molecule has 1 rings (SSSR count). The molecule has 1 aromatic rings. The molecule has 1 unspecified atom stereocenters. The Balaban J connectivity index is 2.63. The third-order valence-corrected chi connectivity index (χ3v) is 2.91. The SMILES string of the molecule is CCC(=O)NC(CC)Cc1ccccc1C. The standard InChI is InChI=1S/C14H21NO/c1-4-13(15-14(16)5-2)10-12-9-7-6-8-11(12)3/h6-9,13H,4-5,10H2,1-3H3,(H,15,16). The highest BCUT2D eigenvalue weighted by Crippen LogP contribution is 2.11. The van der Waals surface area contributed by atoms with E-state index >= 15 is 0 Å². The molecule has 1 N–H and O–H groups in total. The number of benzene rings is 1. The van der Waals surface area contributed by atoms with E-state index in [9.17, 15) is 4.79 Å². The van der Waals surface area contributed by atoms with Gasteiger partial charge in [0, 0.05) is 12.5 Å². The predicted octanol–water partition coefficient (Wildman–Crippen LogP) is 2.84. The van der Waals surface area contributed by atoms with Crippen molar-refractivity contribution in [3.8, 4) is 0 Å². The van der Waals surface area contributed by atoms with E-state index < -0.39 is 0 Å². The van der Waals surface area contributed by atoms with Crippen LogP contribution in [0.2, 0.25) is 0 Å². The van der Waals surface area contributed by atoms with Crippen LogP contribution in [-0.4, -0.2) is 11.9 Å². The van der Waals surface area contributed by atoms with Gasteiger partial charge in [-0.05, 0) is 30.9 Å². The number of hydrogen-bond acceptors (Lipinski definition) is 1. The first-order chi connectivity index (χ1) is 7.67. The van der Waals surface area contributed by atoms with Crippen molar-refractivity contribution in [1.82, 2.24) is 5.32 Å². The number of hydrogen-bond donors (Lipinski definition) is 1. The summed E-state index contributed by atoms with van der Waals surface area (Å²) in [4.78, 5) is 11.3. The van der Waals surface area contributed by atoms with Crippen LogP contribution in [0.3, 0.4) is 0 Å². The van der Waals surface area contributed by atoms with E-state index in [1.807, 2.05) is 13.0 Å². The van der Waals surface area contributed by atoms with Gasteiger partial charge in [0.1, 0.15) is 0 Å². The van der Waals surface area contributed by atoms with Crippen molar-refractivity contribution in [2.45, 2.75) is 46.1 Å². The lowest BCUT2D eigenvalue weighted by molar-refractivity contribution is -0.121. The Morgan fingerprint density at radius 1 is 1.31 bits per heavy atom. The summed E-state index contributed by atoms with van der Waals surface area (Å²) in [6.45, 7) is 6.11. The van der Waals surface area contributed by atoms with E-state index in [1.165, 1.54) is 11.1 Å². The highest BCUT2D eigenvalue weighted by atomic mass is 16.1. The zero-order valence-electron chi connectivity index (χ0n) is 10.4. The second-order valence-electron chi connectivity index (χ2n) is 4.16. The minimum absolute atomic E-state index is 0.139. The number of aryl methyl sites for hydroxylation is 1. The fourth-order valence-corrected chi connectivity index (χ4v) is 1.73. The Morgan fingerprint density at radius 3 is 2.56 bits per heavy atom. The monoisotopic (exact) mass is 219 g/mol. The van der Waals surface area contributed by atoms with E-state index in [0.717, 1.165) is 12.8 Å². The molecular weight excluding hydrogens is 198 g/mol. The lowest BCUT2D eigenvalue weighted by Crippen LogP contribution is -2.35. The lowest BCUT2D eigenvalue weighted by atomic mass is 9.99. The maximum Gasteiger partial charge on any atom is 0.219 e. The van der Waals surface area contributed by atoms with Crippen LogP contribution >= 0.6 is 0 Å². The maximum atomic E-state index is 11.3. The maximum absolute atomic E-state index is 11.3. The average Bonchev–Trinajstić information content (AvgIpc) is 2.30. The molecule has 16 heavy (non-hydrogen) atoms. The van der Waals surface area contributed by atoms with Crippen molar-refractivity contribution in [2.75, 3.05) is 0 Å². The second-order valence-corrected chi connectivity index (χ2v) is 4.16. The van der Waals surface area contributed by atoms with E-state index in [-0.39, 0.29) is 11.9 Å². The molecule has 1 aromatic carbocycles. The van der Waals surface area contributed by atoms with Crippen molar-refractivity contribution >= 4 is 5.91 Å². The first-order valence-electron chi connectivity index (χ1n) is 6.01. The van der Waals surface area contributed by atoms with Crippen LogP contribution in [0.5, 0.6) is 0 Å². The Kier molecular flexibility index (Phi) is 5.03. The smallest absolute Gasteiger partial charge is 0.219 e. The van der Waals surface area contributed by atoms with Crippen LogP contribution in [0, 0.1) is 6.92 Å². The summed E-state index contributed by atoms with van der Waals surface area (Å²) in [7, 11) is 0. The molecule has 0 aromatic heterocycles. The number of carbonyl (C=O) groups is 1. The van der Waals surface area contributed by atoms with Gasteiger partial charge in [-0.15, -0.1) is 0 Å². The van der Waals surface area contributed by atoms with Gasteiger partial charge in [-0.2, -0.15) is 0 Å². The van der Waals surface area contributed by atoms with Crippen molar-refractivity contribution in [3.63, 3.8) is 0 Å². The number of rotatable bonds is 5. The number of nitrogens with one attached hydrogen (secondary N) is 1. The zero-order valence-corrected chi connectivity index (χ0v) is 10.4. The molecule has 0 bridgehead atoms. The van der Waals surface area contributed by atoms with Gasteiger partial charge in [-0.1, -0.05) is 38.1 Å². The molecule has 0 spiro atoms. The summed E-state index contributed by atoms with van der Waals surface area (Å²) < 4.78 is 0. The Hall–Kier alpha value is -1.31. The minimum atomic E-state index is 0.139. The normalized spacial score (nSPS) is 12.2. The molecule has 88 valence electrons. The summed E-state index contributed by atoms with van der Waals surface area (Å²) >= 11 is 0. The van der Waals surface area contributed by atoms with Crippen molar-refractivity contribution in [3.05, 3.63) is 35.4 Å². The fraction of sp³-hybridized carbons (Fsp3) is 0.500. The Morgan fingerprint density at radius 2 is 2.00 bits per heavy atom. The average molecular weight is 219 g/mol. The predicted molar refractivity (Wildman–Crippen MR) is 67.4 cm³/mol. The Bertz CT molecular complexity index is 346. The molecule has 0 radical (unpaired) electrons. The summed E-state index contributed by atoms with van der Waals surface area (Å²) in [6.07, 6.45) is 2.46. The molecule has 0 aliphatic heterocycles. The second kappa shape index (κ2) is 6.31. The minimum Gasteiger partial charge on any atom is -0.353 e. The first-order valence-corrected chi connectivity index (χ1v) is 6.01. The van der Waals surface area contributed by atoms with Gasteiger partial charge in [-0.25, -0.2) is 0 Å². The molecule has 0 heterocycles. The van der Waals surface area contributed by atoms with Crippen molar-refractivity contribution in [1.29, 1.82) is 0 Å². The van der Waals surface area contributed by atoms with Crippen LogP contribution in [0.15, 0.2) is 24.3 Å². The van der Waals surface area contributed by atoms with E-state index in [0.29, 0.717) is 6.42 Å². The summed E-state index contributed by atoms with van der Waals surface area (Å²) in [6, 6.07) is 8.61. The van der Waals surface area contributed by atoms with Gasteiger partial charge in [-0.3, -0.25) is 4.79 Å². The van der Waals surface area contributed by atoms with Gasteiger partial charge in [0.05, 0.1) is 0 Å². The van der Waals surface area contributed by atoms with Crippen LogP contribution in [0.4, 0.5) is 0 Å². The van der Waals surface area contributed by atoms with Crippen molar-refractivity contribution in [2.24, 2.45) is 0 Å². The largest absolute Gasteiger partial charge is 0.353 e.